The Hall–Kier alpha value is -3.95. The number of benzene rings is 2. The van der Waals surface area contributed by atoms with Crippen LogP contribution in [0, 0.1) is 6.57 Å². The molecule has 5 rings (SSSR count). The van der Waals surface area contributed by atoms with Gasteiger partial charge in [0.25, 0.3) is 0 Å². The summed E-state index contributed by atoms with van der Waals surface area (Å²) in [6, 6.07) is 11.5. The molecule has 0 atom stereocenters. The number of fused-ring (bicyclic) bond motifs is 2. The minimum atomic E-state index is -0.290. The van der Waals surface area contributed by atoms with Gasteiger partial charge in [-0.2, -0.15) is 9.78 Å². The maximum Gasteiger partial charge on any atom is 0.346 e. The first kappa shape index (κ1) is 28.1. The first-order valence-corrected chi connectivity index (χ1v) is 12.3. The molecule has 0 saturated heterocycles. The van der Waals surface area contributed by atoms with Crippen LogP contribution in [0.1, 0.15) is 5.69 Å². The molecule has 0 unspecified atom stereocenters. The minimum Gasteiger partial charge on any atom is -1.00 e. The molecule has 0 bridgehead atoms. The Bertz CT molecular complexity index is 1710. The van der Waals surface area contributed by atoms with Crippen molar-refractivity contribution in [2.24, 2.45) is 0 Å². The second-order valence-corrected chi connectivity index (χ2v) is 9.23. The third-order valence-electron chi connectivity index (χ3n) is 5.82. The van der Waals surface area contributed by atoms with Gasteiger partial charge in [0.1, 0.15) is 5.75 Å². The maximum absolute atomic E-state index is 13.1. The molecule has 0 spiro atoms. The fourth-order valence-electron chi connectivity index (χ4n) is 3.93. The summed E-state index contributed by atoms with van der Waals surface area (Å²) in [5, 5.41) is 17.6. The Kier molecular flexibility index (Phi) is 8.52. The highest BCUT2D eigenvalue weighted by Crippen LogP contribution is 2.37. The van der Waals surface area contributed by atoms with E-state index in [2.05, 4.69) is 30.6 Å². The smallest absolute Gasteiger partial charge is 0.346 e. The lowest BCUT2D eigenvalue weighted by Gasteiger charge is -2.16. The normalized spacial score (nSPS) is 10.8. The van der Waals surface area contributed by atoms with Crippen LogP contribution in [0.15, 0.2) is 48.7 Å². The van der Waals surface area contributed by atoms with E-state index in [0.717, 1.165) is 5.39 Å². The number of carbonyl (C=O) groups is 1. The zero-order valence-corrected chi connectivity index (χ0v) is 23.0. The zero-order valence-electron chi connectivity index (χ0n) is 20.8. The number of amides is 1. The van der Waals surface area contributed by atoms with Gasteiger partial charge in [-0.25, -0.2) is 19.3 Å². The molecule has 5 aromatic rings. The number of nitrogens with zero attached hydrogens (tertiary/aromatic N) is 8. The third kappa shape index (κ3) is 5.60. The van der Waals surface area contributed by atoms with Crippen molar-refractivity contribution in [1.82, 2.24) is 40.0 Å². The van der Waals surface area contributed by atoms with Gasteiger partial charge in [0.15, 0.2) is 22.6 Å². The number of ether oxygens (including phenoxy) is 1. The second kappa shape index (κ2) is 11.8. The fraction of sp³-hybridized carbons (Fsp3) is 0.200. The molecule has 0 fully saturated rings. The molecule has 11 nitrogen and oxygen atoms in total. The van der Waals surface area contributed by atoms with Crippen molar-refractivity contribution in [1.29, 1.82) is 0 Å². The molecular weight excluding hydrogens is 565 g/mol. The molecular formula is C25H21Cl3N9O2-. The van der Waals surface area contributed by atoms with Gasteiger partial charge in [0.2, 0.25) is 0 Å². The quantitative estimate of drug-likeness (QED) is 0.291. The number of likely N-dealkylation sites (N-methyl/N-ethyl adjacent to an activating group) is 2. The Morgan fingerprint density at radius 3 is 2.82 bits per heavy atom. The lowest BCUT2D eigenvalue weighted by atomic mass is 10.2. The molecule has 1 N–H and O–H groups in total. The van der Waals surface area contributed by atoms with E-state index in [0.29, 0.717) is 56.9 Å². The first-order chi connectivity index (χ1) is 18.4. The van der Waals surface area contributed by atoms with E-state index >= 15 is 0 Å². The van der Waals surface area contributed by atoms with Crippen molar-refractivity contribution in [2.75, 3.05) is 27.2 Å². The SMILES string of the molecule is [C-]#[N+]c1cc(Cl)cc(Oc2c(Cl)ccc3c2nnn3Cc2nn(C(=O)N(C)CCNC)c3ncccc23)c1.[Cl-]. The van der Waals surface area contributed by atoms with Crippen LogP contribution >= 0.6 is 23.2 Å². The molecule has 0 saturated carbocycles. The van der Waals surface area contributed by atoms with E-state index in [1.54, 1.807) is 59.2 Å². The summed E-state index contributed by atoms with van der Waals surface area (Å²) in [5.41, 5.74) is 2.45. The number of nitrogens with one attached hydrogen (secondary N) is 1. The molecule has 2 aromatic carbocycles. The Morgan fingerprint density at radius 1 is 1.23 bits per heavy atom. The number of halogens is 3. The van der Waals surface area contributed by atoms with Crippen LogP contribution < -0.4 is 22.5 Å². The van der Waals surface area contributed by atoms with Crippen molar-refractivity contribution in [3.05, 3.63) is 75.8 Å². The summed E-state index contributed by atoms with van der Waals surface area (Å²) in [6.45, 7) is 8.64. The monoisotopic (exact) mass is 584 g/mol. The number of hydrogen-bond donors (Lipinski definition) is 1. The Labute approximate surface area is 239 Å². The van der Waals surface area contributed by atoms with Gasteiger partial charge in [0, 0.05) is 36.7 Å². The summed E-state index contributed by atoms with van der Waals surface area (Å²) >= 11 is 12.6. The zero-order chi connectivity index (χ0) is 26.8. The highest BCUT2D eigenvalue weighted by atomic mass is 35.5. The van der Waals surface area contributed by atoms with Crippen molar-refractivity contribution in [2.45, 2.75) is 6.54 Å². The van der Waals surface area contributed by atoms with Crippen molar-refractivity contribution >= 4 is 57.0 Å². The fourth-order valence-corrected chi connectivity index (χ4v) is 4.34. The number of aromatic nitrogens is 6. The van der Waals surface area contributed by atoms with E-state index in [9.17, 15) is 4.79 Å². The van der Waals surface area contributed by atoms with Crippen molar-refractivity contribution in [3.63, 3.8) is 0 Å². The highest BCUT2D eigenvalue weighted by molar-refractivity contribution is 6.33. The predicted molar refractivity (Wildman–Crippen MR) is 144 cm³/mol. The molecule has 200 valence electrons. The van der Waals surface area contributed by atoms with E-state index in [4.69, 9.17) is 34.5 Å². The lowest BCUT2D eigenvalue weighted by Crippen LogP contribution is -3.00. The summed E-state index contributed by atoms with van der Waals surface area (Å²) in [7, 11) is 3.54. The number of hydrogen-bond acceptors (Lipinski definition) is 7. The molecule has 3 aromatic heterocycles. The molecule has 0 aliphatic carbocycles. The van der Waals surface area contributed by atoms with Crippen molar-refractivity contribution in [3.8, 4) is 11.5 Å². The average molecular weight is 586 g/mol. The van der Waals surface area contributed by atoms with Crippen molar-refractivity contribution < 1.29 is 21.9 Å². The standard InChI is InChI=1S/C25H21Cl2N9O2.ClH/c1-28-9-10-34(3)25(37)36-24-18(5-4-8-30-24)20(32-36)14-35-21-7-6-19(27)23(22(21)31-33-35)38-17-12-15(26)11-16(13-17)29-2;/h4-8,11-13,28H,9-10,14H2,1,3H3;1H/p-1. The summed E-state index contributed by atoms with van der Waals surface area (Å²) in [6.07, 6.45) is 1.62. The minimum absolute atomic E-state index is 0. The van der Waals surface area contributed by atoms with E-state index in [-0.39, 0.29) is 30.7 Å². The first-order valence-electron chi connectivity index (χ1n) is 11.5. The predicted octanol–water partition coefficient (Wildman–Crippen LogP) is 2.00. The molecule has 1 amide bonds. The highest BCUT2D eigenvalue weighted by Gasteiger charge is 2.21. The Balaban J connectivity index is 0.00000353. The molecule has 0 aliphatic heterocycles. The number of rotatable bonds is 7. The second-order valence-electron chi connectivity index (χ2n) is 8.39. The van der Waals surface area contributed by atoms with Crippen LogP contribution in [0.5, 0.6) is 11.5 Å². The van der Waals surface area contributed by atoms with Crippen LogP contribution in [-0.4, -0.2) is 67.9 Å². The molecule has 0 radical (unpaired) electrons. The van der Waals surface area contributed by atoms with Gasteiger partial charge in [-0.1, -0.05) is 28.4 Å². The Morgan fingerprint density at radius 2 is 2.05 bits per heavy atom. The summed E-state index contributed by atoms with van der Waals surface area (Å²) in [4.78, 5) is 22.5. The van der Waals surface area contributed by atoms with Gasteiger partial charge in [-0.3, -0.25) is 0 Å². The van der Waals surface area contributed by atoms with E-state index in [1.165, 1.54) is 4.68 Å². The average Bonchev–Trinajstić information content (AvgIpc) is 3.50. The number of pyridine rings is 1. The topological polar surface area (TPSA) is 107 Å². The van der Waals surface area contributed by atoms with Crippen LogP contribution in [-0.2, 0) is 6.54 Å². The van der Waals surface area contributed by atoms with Gasteiger partial charge in [0.05, 0.1) is 29.4 Å². The third-order valence-corrected chi connectivity index (χ3v) is 6.34. The largest absolute Gasteiger partial charge is 1.00 e. The summed E-state index contributed by atoms with van der Waals surface area (Å²) in [5.74, 6) is 0.635. The van der Waals surface area contributed by atoms with Crippen LogP contribution in [0.25, 0.3) is 26.9 Å². The molecule has 14 heteroatoms. The van der Waals surface area contributed by atoms with Gasteiger partial charge < -0.3 is 27.4 Å². The van der Waals surface area contributed by atoms with Gasteiger partial charge in [-0.05, 0) is 49.5 Å². The van der Waals surface area contributed by atoms with Gasteiger partial charge >= 0.3 is 6.03 Å². The molecule has 39 heavy (non-hydrogen) atoms. The van der Waals surface area contributed by atoms with E-state index in [1.807, 2.05) is 13.1 Å². The van der Waals surface area contributed by atoms with Crippen LogP contribution in [0.4, 0.5) is 10.5 Å². The molecule has 0 aliphatic rings. The lowest BCUT2D eigenvalue weighted by molar-refractivity contribution is -0.0000114. The summed E-state index contributed by atoms with van der Waals surface area (Å²) < 4.78 is 8.97. The van der Waals surface area contributed by atoms with Gasteiger partial charge in [-0.15, -0.1) is 5.10 Å². The van der Waals surface area contributed by atoms with Crippen LogP contribution in [0.2, 0.25) is 10.0 Å². The number of carbonyl (C=O) groups excluding carboxylic acids is 1. The van der Waals surface area contributed by atoms with E-state index < -0.39 is 0 Å². The molecule has 3 heterocycles. The maximum atomic E-state index is 13.1. The van der Waals surface area contributed by atoms with Crippen LogP contribution in [0.3, 0.4) is 0 Å².